The highest BCUT2D eigenvalue weighted by Gasteiger charge is 2.36. The fourth-order valence-electron chi connectivity index (χ4n) is 1.72. The van der Waals surface area contributed by atoms with E-state index < -0.39 is 15.6 Å². The van der Waals surface area contributed by atoms with Crippen LogP contribution in [0.4, 0.5) is 0 Å². The molecule has 2 heterocycles. The van der Waals surface area contributed by atoms with E-state index in [1.54, 1.807) is 19.9 Å². The summed E-state index contributed by atoms with van der Waals surface area (Å²) in [5.74, 6) is 0.977. The number of hydrogen-bond acceptors (Lipinski definition) is 5. The quantitative estimate of drug-likeness (QED) is 0.791. The summed E-state index contributed by atoms with van der Waals surface area (Å²) < 4.78 is 34.7. The predicted octanol–water partition coefficient (Wildman–Crippen LogP) is 0.361. The van der Waals surface area contributed by atoms with E-state index in [1.165, 1.54) is 10.4 Å². The second kappa shape index (κ2) is 4.74. The van der Waals surface area contributed by atoms with Crippen LogP contribution in [0.3, 0.4) is 0 Å². The largest absolute Gasteiger partial charge is 0.487 e. The second-order valence-electron chi connectivity index (χ2n) is 4.18. The summed E-state index contributed by atoms with van der Waals surface area (Å²) >= 11 is 0. The minimum atomic E-state index is -3.13. The lowest BCUT2D eigenvalue weighted by molar-refractivity contribution is 0.0755. The van der Waals surface area contributed by atoms with Crippen molar-refractivity contribution in [3.8, 4) is 5.75 Å². The number of rotatable bonds is 4. The highest BCUT2D eigenvalue weighted by atomic mass is 32.2. The van der Waals surface area contributed by atoms with Crippen LogP contribution in [0.2, 0.25) is 0 Å². The average molecular weight is 273 g/mol. The van der Waals surface area contributed by atoms with Crippen LogP contribution in [-0.2, 0) is 10.0 Å². The van der Waals surface area contributed by atoms with Crippen molar-refractivity contribution in [1.29, 1.82) is 0 Å². The first-order chi connectivity index (χ1) is 8.40. The Morgan fingerprint density at radius 1 is 1.44 bits per heavy atom. The number of ether oxygens (including phenoxy) is 1. The molecule has 0 bridgehead atoms. The molecule has 6 nitrogen and oxygen atoms in total. The predicted molar refractivity (Wildman–Crippen MR) is 65.2 cm³/mol. The molecule has 1 aromatic heterocycles. The molecule has 1 saturated heterocycles. The van der Waals surface area contributed by atoms with Crippen molar-refractivity contribution in [3.05, 3.63) is 28.3 Å². The molecule has 0 spiro atoms. The fourth-order valence-corrected chi connectivity index (χ4v) is 2.87. The van der Waals surface area contributed by atoms with E-state index in [0.717, 1.165) is 0 Å². The SMILES string of the molecule is CCS(=O)(=O)N1CC(Oc2cc(C)oc(=O)c2)C1. The molecule has 1 aromatic rings. The first-order valence-corrected chi connectivity index (χ1v) is 7.28. The van der Waals surface area contributed by atoms with Crippen LogP contribution in [0.25, 0.3) is 0 Å². The molecule has 0 radical (unpaired) electrons. The molecule has 1 fully saturated rings. The average Bonchev–Trinajstić information content (AvgIpc) is 2.21. The van der Waals surface area contributed by atoms with Gasteiger partial charge in [-0.05, 0) is 13.8 Å². The van der Waals surface area contributed by atoms with Gasteiger partial charge in [-0.15, -0.1) is 0 Å². The van der Waals surface area contributed by atoms with Crippen LogP contribution in [0.15, 0.2) is 21.3 Å². The number of nitrogens with zero attached hydrogens (tertiary/aromatic N) is 1. The van der Waals surface area contributed by atoms with Gasteiger partial charge in [0.1, 0.15) is 17.6 Å². The standard InChI is InChI=1S/C11H15NO5S/c1-3-18(14,15)12-6-10(7-12)17-9-4-8(2)16-11(13)5-9/h4-5,10H,3,6-7H2,1-2H3. The molecule has 0 aromatic carbocycles. The Bertz CT molecular complexity index is 586. The summed E-state index contributed by atoms with van der Waals surface area (Å²) in [4.78, 5) is 11.1. The summed E-state index contributed by atoms with van der Waals surface area (Å²) in [6, 6.07) is 2.86. The maximum atomic E-state index is 11.5. The molecule has 0 saturated carbocycles. The van der Waals surface area contributed by atoms with Crippen LogP contribution in [0, 0.1) is 6.92 Å². The van der Waals surface area contributed by atoms with Gasteiger partial charge in [0, 0.05) is 6.07 Å². The lowest BCUT2D eigenvalue weighted by Gasteiger charge is -2.37. The van der Waals surface area contributed by atoms with E-state index in [1.807, 2.05) is 0 Å². The van der Waals surface area contributed by atoms with Gasteiger partial charge in [0.15, 0.2) is 0 Å². The van der Waals surface area contributed by atoms with Crippen LogP contribution in [0.5, 0.6) is 5.75 Å². The van der Waals surface area contributed by atoms with Crippen LogP contribution < -0.4 is 10.4 Å². The van der Waals surface area contributed by atoms with Gasteiger partial charge in [-0.25, -0.2) is 13.2 Å². The van der Waals surface area contributed by atoms with Gasteiger partial charge in [-0.1, -0.05) is 0 Å². The molecule has 18 heavy (non-hydrogen) atoms. The zero-order valence-corrected chi connectivity index (χ0v) is 11.1. The molecule has 0 atom stereocenters. The van der Waals surface area contributed by atoms with Gasteiger partial charge < -0.3 is 9.15 Å². The van der Waals surface area contributed by atoms with Crippen LogP contribution in [-0.4, -0.2) is 37.7 Å². The monoisotopic (exact) mass is 273 g/mol. The zero-order chi connectivity index (χ0) is 13.3. The van der Waals surface area contributed by atoms with Gasteiger partial charge in [0.05, 0.1) is 24.9 Å². The minimum absolute atomic E-state index is 0.0910. The molecule has 0 amide bonds. The maximum absolute atomic E-state index is 11.5. The van der Waals surface area contributed by atoms with Crippen molar-refractivity contribution in [3.63, 3.8) is 0 Å². The van der Waals surface area contributed by atoms with Crippen molar-refractivity contribution in [2.45, 2.75) is 20.0 Å². The van der Waals surface area contributed by atoms with Crippen molar-refractivity contribution in [2.75, 3.05) is 18.8 Å². The van der Waals surface area contributed by atoms with Gasteiger partial charge in [0.25, 0.3) is 0 Å². The number of aryl methyl sites for hydroxylation is 1. The highest BCUT2D eigenvalue weighted by molar-refractivity contribution is 7.89. The normalized spacial score (nSPS) is 17.4. The van der Waals surface area contributed by atoms with Gasteiger partial charge in [-0.2, -0.15) is 4.31 Å². The van der Waals surface area contributed by atoms with E-state index in [2.05, 4.69) is 0 Å². The molecule has 100 valence electrons. The minimum Gasteiger partial charge on any atom is -0.487 e. The third-order valence-corrected chi connectivity index (χ3v) is 4.56. The topological polar surface area (TPSA) is 76.8 Å². The van der Waals surface area contributed by atoms with E-state index in [0.29, 0.717) is 24.6 Å². The fraction of sp³-hybridized carbons (Fsp3) is 0.545. The summed E-state index contributed by atoms with van der Waals surface area (Å²) in [5.41, 5.74) is -0.470. The molecule has 2 rings (SSSR count). The first kappa shape index (κ1) is 13.1. The highest BCUT2D eigenvalue weighted by Crippen LogP contribution is 2.20. The molecular weight excluding hydrogens is 258 g/mol. The summed E-state index contributed by atoms with van der Waals surface area (Å²) in [7, 11) is -3.13. The molecular formula is C11H15NO5S. The summed E-state index contributed by atoms with van der Waals surface area (Å²) in [5, 5.41) is 0. The third-order valence-electron chi connectivity index (χ3n) is 2.74. The Balaban J connectivity index is 1.96. The van der Waals surface area contributed by atoms with Crippen LogP contribution in [0.1, 0.15) is 12.7 Å². The Labute approximate surface area is 105 Å². The van der Waals surface area contributed by atoms with E-state index in [4.69, 9.17) is 9.15 Å². The van der Waals surface area contributed by atoms with Crippen molar-refractivity contribution < 1.29 is 17.6 Å². The number of sulfonamides is 1. The molecule has 0 aliphatic carbocycles. The Morgan fingerprint density at radius 3 is 2.67 bits per heavy atom. The molecule has 1 aliphatic rings. The second-order valence-corrected chi connectivity index (χ2v) is 6.44. The molecule has 0 unspecified atom stereocenters. The molecule has 1 aliphatic heterocycles. The Kier molecular flexibility index (Phi) is 3.45. The maximum Gasteiger partial charge on any atom is 0.339 e. The Hall–Kier alpha value is -1.34. The first-order valence-electron chi connectivity index (χ1n) is 5.67. The summed E-state index contributed by atoms with van der Waals surface area (Å²) in [6.07, 6.45) is -0.201. The van der Waals surface area contributed by atoms with Gasteiger partial charge in [-0.3, -0.25) is 0 Å². The van der Waals surface area contributed by atoms with Gasteiger partial charge in [0.2, 0.25) is 10.0 Å². The smallest absolute Gasteiger partial charge is 0.339 e. The van der Waals surface area contributed by atoms with Crippen molar-refractivity contribution >= 4 is 10.0 Å². The zero-order valence-electron chi connectivity index (χ0n) is 10.3. The lowest BCUT2D eigenvalue weighted by Crippen LogP contribution is -2.56. The molecule has 7 heteroatoms. The number of hydrogen-bond donors (Lipinski definition) is 0. The van der Waals surface area contributed by atoms with E-state index in [-0.39, 0.29) is 11.9 Å². The lowest BCUT2D eigenvalue weighted by atomic mass is 10.2. The van der Waals surface area contributed by atoms with E-state index in [9.17, 15) is 13.2 Å². The summed E-state index contributed by atoms with van der Waals surface area (Å²) in [6.45, 7) is 3.92. The van der Waals surface area contributed by atoms with E-state index >= 15 is 0 Å². The van der Waals surface area contributed by atoms with Gasteiger partial charge >= 0.3 is 5.63 Å². The van der Waals surface area contributed by atoms with Crippen molar-refractivity contribution in [1.82, 2.24) is 4.31 Å². The van der Waals surface area contributed by atoms with Crippen molar-refractivity contribution in [2.24, 2.45) is 0 Å². The Morgan fingerprint density at radius 2 is 2.11 bits per heavy atom. The molecule has 0 N–H and O–H groups in total. The third kappa shape index (κ3) is 2.73. The van der Waals surface area contributed by atoms with Crippen LogP contribution >= 0.6 is 0 Å².